The fourth-order valence-corrected chi connectivity index (χ4v) is 2.43. The Bertz CT molecular complexity index is 454. The molecule has 1 amide bonds. The summed E-state index contributed by atoms with van der Waals surface area (Å²) in [6.45, 7) is 3.33. The molecule has 1 atom stereocenters. The van der Waals surface area contributed by atoms with Crippen molar-refractivity contribution in [1.82, 2.24) is 4.90 Å². The van der Waals surface area contributed by atoms with E-state index in [0.717, 1.165) is 19.3 Å². The van der Waals surface area contributed by atoms with Gasteiger partial charge in [0.15, 0.2) is 0 Å². The molecule has 1 aromatic rings. The van der Waals surface area contributed by atoms with Gasteiger partial charge in [0.25, 0.3) is 0 Å². The zero-order valence-corrected chi connectivity index (χ0v) is 13.0. The van der Waals surface area contributed by atoms with Crippen molar-refractivity contribution in [2.24, 2.45) is 5.73 Å². The Labute approximate surface area is 127 Å². The Morgan fingerprint density at radius 3 is 2.48 bits per heavy atom. The first-order valence-electron chi connectivity index (χ1n) is 7.78. The molecule has 116 valence electrons. The molecule has 0 spiro atoms. The third-order valence-electron chi connectivity index (χ3n) is 4.01. The van der Waals surface area contributed by atoms with E-state index in [2.05, 4.69) is 31.2 Å². The summed E-state index contributed by atoms with van der Waals surface area (Å²) in [6, 6.07) is 8.41. The second-order valence-electron chi connectivity index (χ2n) is 5.76. The number of benzene rings is 1. The highest BCUT2D eigenvalue weighted by molar-refractivity contribution is 5.82. The topological polar surface area (TPSA) is 55.6 Å². The Balaban J connectivity index is 1.99. The van der Waals surface area contributed by atoms with E-state index in [1.54, 1.807) is 7.11 Å². The molecule has 1 unspecified atom stereocenters. The summed E-state index contributed by atoms with van der Waals surface area (Å²) in [5.41, 5.74) is 8.49. The molecule has 4 nitrogen and oxygen atoms in total. The van der Waals surface area contributed by atoms with Crippen LogP contribution in [0.15, 0.2) is 24.3 Å². The van der Waals surface area contributed by atoms with Gasteiger partial charge in [-0.3, -0.25) is 4.79 Å². The molecule has 21 heavy (non-hydrogen) atoms. The SMILES string of the molecule is CCc1ccc(CN(C(=O)C(N)CCOC)C2CC2)cc1. The van der Waals surface area contributed by atoms with E-state index in [9.17, 15) is 4.79 Å². The maximum Gasteiger partial charge on any atom is 0.240 e. The molecule has 2 rings (SSSR count). The highest BCUT2D eigenvalue weighted by Crippen LogP contribution is 2.29. The molecule has 0 bridgehead atoms. The van der Waals surface area contributed by atoms with Crippen LogP contribution < -0.4 is 5.73 Å². The van der Waals surface area contributed by atoms with E-state index in [0.29, 0.717) is 25.6 Å². The number of rotatable bonds is 8. The first-order chi connectivity index (χ1) is 10.2. The van der Waals surface area contributed by atoms with E-state index in [1.807, 2.05) is 4.90 Å². The van der Waals surface area contributed by atoms with Gasteiger partial charge in [0, 0.05) is 26.3 Å². The highest BCUT2D eigenvalue weighted by atomic mass is 16.5. The quantitative estimate of drug-likeness (QED) is 0.797. The van der Waals surface area contributed by atoms with Crippen LogP contribution >= 0.6 is 0 Å². The summed E-state index contributed by atoms with van der Waals surface area (Å²) >= 11 is 0. The molecular formula is C17H26N2O2. The molecule has 1 saturated carbocycles. The molecule has 1 aromatic carbocycles. The first-order valence-corrected chi connectivity index (χ1v) is 7.78. The molecule has 1 fully saturated rings. The minimum absolute atomic E-state index is 0.0501. The molecule has 0 radical (unpaired) electrons. The van der Waals surface area contributed by atoms with Crippen molar-refractivity contribution in [3.63, 3.8) is 0 Å². The summed E-state index contributed by atoms with van der Waals surface area (Å²) in [7, 11) is 1.63. The van der Waals surface area contributed by atoms with Crippen molar-refractivity contribution in [3.8, 4) is 0 Å². The molecule has 0 saturated heterocycles. The van der Waals surface area contributed by atoms with Crippen LogP contribution in [0.3, 0.4) is 0 Å². The largest absolute Gasteiger partial charge is 0.385 e. The van der Waals surface area contributed by atoms with E-state index < -0.39 is 6.04 Å². The lowest BCUT2D eigenvalue weighted by molar-refractivity contribution is -0.134. The molecule has 4 heteroatoms. The van der Waals surface area contributed by atoms with Crippen molar-refractivity contribution >= 4 is 5.91 Å². The van der Waals surface area contributed by atoms with Gasteiger partial charge < -0.3 is 15.4 Å². The van der Waals surface area contributed by atoms with Crippen molar-refractivity contribution in [3.05, 3.63) is 35.4 Å². The minimum atomic E-state index is -0.458. The average Bonchev–Trinajstić information content (AvgIpc) is 3.34. The van der Waals surface area contributed by atoms with Gasteiger partial charge in [-0.1, -0.05) is 31.2 Å². The van der Waals surface area contributed by atoms with Crippen molar-refractivity contribution in [1.29, 1.82) is 0 Å². The van der Waals surface area contributed by atoms with Crippen molar-refractivity contribution < 1.29 is 9.53 Å². The van der Waals surface area contributed by atoms with Gasteiger partial charge in [-0.05, 0) is 36.8 Å². The number of amides is 1. The van der Waals surface area contributed by atoms with Gasteiger partial charge in [-0.25, -0.2) is 0 Å². The van der Waals surface area contributed by atoms with E-state index >= 15 is 0 Å². The van der Waals surface area contributed by atoms with Crippen LogP contribution in [0.2, 0.25) is 0 Å². The van der Waals surface area contributed by atoms with E-state index in [1.165, 1.54) is 11.1 Å². The Morgan fingerprint density at radius 2 is 1.95 bits per heavy atom. The molecular weight excluding hydrogens is 264 g/mol. The standard InChI is InChI=1S/C17H26N2O2/c1-3-13-4-6-14(7-5-13)12-19(15-8-9-15)17(20)16(18)10-11-21-2/h4-7,15-16H,3,8-12,18H2,1-2H3. The summed E-state index contributed by atoms with van der Waals surface area (Å²) in [4.78, 5) is 14.4. The summed E-state index contributed by atoms with van der Waals surface area (Å²) in [5, 5.41) is 0. The van der Waals surface area contributed by atoms with Gasteiger partial charge in [0.2, 0.25) is 5.91 Å². The van der Waals surface area contributed by atoms with Crippen LogP contribution in [0.1, 0.15) is 37.3 Å². The normalized spacial score (nSPS) is 15.8. The number of ether oxygens (including phenoxy) is 1. The van der Waals surface area contributed by atoms with Gasteiger partial charge in [-0.2, -0.15) is 0 Å². The van der Waals surface area contributed by atoms with Crippen molar-refractivity contribution in [2.75, 3.05) is 13.7 Å². The Morgan fingerprint density at radius 1 is 1.33 bits per heavy atom. The number of methoxy groups -OCH3 is 1. The zero-order chi connectivity index (χ0) is 15.2. The molecule has 1 aliphatic carbocycles. The third-order valence-corrected chi connectivity index (χ3v) is 4.01. The Hall–Kier alpha value is -1.39. The second-order valence-corrected chi connectivity index (χ2v) is 5.76. The average molecular weight is 290 g/mol. The first kappa shape index (κ1) is 16.0. The summed E-state index contributed by atoms with van der Waals surface area (Å²) in [6.07, 6.45) is 3.80. The van der Waals surface area contributed by atoms with Gasteiger partial charge in [0.05, 0.1) is 6.04 Å². The number of carbonyl (C=O) groups is 1. The highest BCUT2D eigenvalue weighted by Gasteiger charge is 2.34. The Kier molecular flexibility index (Phi) is 5.76. The number of nitrogens with two attached hydrogens (primary N) is 1. The number of hydrogen-bond donors (Lipinski definition) is 1. The maximum atomic E-state index is 12.5. The third kappa shape index (κ3) is 4.55. The van der Waals surface area contributed by atoms with Crippen LogP contribution in [-0.2, 0) is 22.5 Å². The number of nitrogens with zero attached hydrogens (tertiary/aromatic N) is 1. The van der Waals surface area contributed by atoms with E-state index in [4.69, 9.17) is 10.5 Å². The number of carbonyl (C=O) groups excluding carboxylic acids is 1. The van der Waals surface area contributed by atoms with Crippen molar-refractivity contribution in [2.45, 2.75) is 51.2 Å². The fourth-order valence-electron chi connectivity index (χ4n) is 2.43. The van der Waals surface area contributed by atoms with Gasteiger partial charge in [-0.15, -0.1) is 0 Å². The molecule has 0 aromatic heterocycles. The van der Waals surface area contributed by atoms with Crippen LogP contribution in [0.4, 0.5) is 0 Å². The second kappa shape index (κ2) is 7.57. The van der Waals surface area contributed by atoms with Crippen LogP contribution in [0.25, 0.3) is 0 Å². The number of hydrogen-bond acceptors (Lipinski definition) is 3. The smallest absolute Gasteiger partial charge is 0.240 e. The molecule has 1 aliphatic rings. The van der Waals surface area contributed by atoms with E-state index in [-0.39, 0.29) is 5.91 Å². The van der Waals surface area contributed by atoms with Crippen LogP contribution in [0.5, 0.6) is 0 Å². The van der Waals surface area contributed by atoms with Crippen LogP contribution in [-0.4, -0.2) is 36.6 Å². The fraction of sp³-hybridized carbons (Fsp3) is 0.588. The zero-order valence-electron chi connectivity index (χ0n) is 13.0. The van der Waals surface area contributed by atoms with Gasteiger partial charge >= 0.3 is 0 Å². The lowest BCUT2D eigenvalue weighted by atomic mass is 10.1. The molecule has 0 aliphatic heterocycles. The van der Waals surface area contributed by atoms with Gasteiger partial charge in [0.1, 0.15) is 0 Å². The predicted molar refractivity (Wildman–Crippen MR) is 83.9 cm³/mol. The number of aryl methyl sites for hydroxylation is 1. The predicted octanol–water partition coefficient (Wildman–Crippen LogP) is 2.10. The minimum Gasteiger partial charge on any atom is -0.385 e. The summed E-state index contributed by atoms with van der Waals surface area (Å²) in [5.74, 6) is 0.0501. The molecule has 2 N–H and O–H groups in total. The lowest BCUT2D eigenvalue weighted by Gasteiger charge is -2.26. The summed E-state index contributed by atoms with van der Waals surface area (Å²) < 4.78 is 5.01. The lowest BCUT2D eigenvalue weighted by Crippen LogP contribution is -2.45. The monoisotopic (exact) mass is 290 g/mol. The molecule has 0 heterocycles. The van der Waals surface area contributed by atoms with Crippen LogP contribution in [0, 0.1) is 0 Å². The maximum absolute atomic E-state index is 12.5.